The van der Waals surface area contributed by atoms with Gasteiger partial charge in [0.1, 0.15) is 0 Å². The zero-order valence-electron chi connectivity index (χ0n) is 18.9. The lowest BCUT2D eigenvalue weighted by Gasteiger charge is -2.26. The van der Waals surface area contributed by atoms with Crippen molar-refractivity contribution in [3.8, 4) is 11.1 Å². The number of anilines is 1. The maximum Gasteiger partial charge on any atom is 0.182 e. The van der Waals surface area contributed by atoms with Crippen LogP contribution in [0.4, 0.5) is 14.5 Å². The number of fused-ring (bicyclic) bond motifs is 3. The Morgan fingerprint density at radius 3 is 2.41 bits per heavy atom. The van der Waals surface area contributed by atoms with Crippen LogP contribution in [0.25, 0.3) is 11.1 Å². The van der Waals surface area contributed by atoms with Crippen LogP contribution in [0.15, 0.2) is 30.5 Å². The highest BCUT2D eigenvalue weighted by atomic mass is 19.2. The van der Waals surface area contributed by atoms with E-state index < -0.39 is 11.6 Å². The molecule has 2 saturated carbocycles. The van der Waals surface area contributed by atoms with Gasteiger partial charge in [-0.2, -0.15) is 5.10 Å². The SMILES string of the molecule is Cc1nn(C)cc1-c1ccc(NC2C[C@@H]3CN(CC4CC5C=CC4C5)C[C@@H]3C2)c(F)c1F. The lowest BCUT2D eigenvalue weighted by molar-refractivity contribution is 0.238. The highest BCUT2D eigenvalue weighted by molar-refractivity contribution is 5.68. The van der Waals surface area contributed by atoms with Crippen LogP contribution < -0.4 is 5.32 Å². The summed E-state index contributed by atoms with van der Waals surface area (Å²) in [6.07, 6.45) is 11.4. The predicted molar refractivity (Wildman–Crippen MR) is 122 cm³/mol. The van der Waals surface area contributed by atoms with Crippen LogP contribution in [0, 0.1) is 48.1 Å². The molecule has 6 atom stereocenters. The van der Waals surface area contributed by atoms with Crippen molar-refractivity contribution < 1.29 is 8.78 Å². The second kappa shape index (κ2) is 7.68. The minimum absolute atomic E-state index is 0.220. The molecule has 3 fully saturated rings. The zero-order valence-corrected chi connectivity index (χ0v) is 18.9. The quantitative estimate of drug-likeness (QED) is 0.667. The standard InChI is InChI=1S/C26H32F2N4/c1-15-23(14-31(2)30-15)22-5-6-24(26(28)25(22)27)29-21-9-19-12-32(13-20(19)10-21)11-18-8-16-3-4-17(18)7-16/h3-6,14,16-21,29H,7-13H2,1-2H3/t16?,17?,18?,19-,20+,21?. The summed E-state index contributed by atoms with van der Waals surface area (Å²) in [5.41, 5.74) is 1.88. The lowest BCUT2D eigenvalue weighted by atomic mass is 9.93. The van der Waals surface area contributed by atoms with Crippen LogP contribution in [0.3, 0.4) is 0 Å². The van der Waals surface area contributed by atoms with Gasteiger partial charge in [-0.3, -0.25) is 4.68 Å². The van der Waals surface area contributed by atoms with Crippen molar-refractivity contribution in [3.05, 3.63) is 47.8 Å². The van der Waals surface area contributed by atoms with Gasteiger partial charge in [-0.05, 0) is 74.3 Å². The Kier molecular flexibility index (Phi) is 4.90. The Balaban J connectivity index is 1.08. The normalized spacial score (nSPS) is 33.4. The molecule has 170 valence electrons. The van der Waals surface area contributed by atoms with Crippen molar-refractivity contribution in [2.75, 3.05) is 25.0 Å². The molecule has 4 nitrogen and oxygen atoms in total. The molecule has 1 aliphatic heterocycles. The third-order valence-electron chi connectivity index (χ3n) is 8.48. The van der Waals surface area contributed by atoms with E-state index in [1.807, 2.05) is 6.92 Å². The van der Waals surface area contributed by atoms with Gasteiger partial charge in [-0.25, -0.2) is 8.78 Å². The summed E-state index contributed by atoms with van der Waals surface area (Å²) in [6.45, 7) is 5.38. The fraction of sp³-hybridized carbons (Fsp3) is 0.577. The highest BCUT2D eigenvalue weighted by Gasteiger charge is 2.43. The Bertz CT molecular complexity index is 1050. The molecule has 6 heteroatoms. The number of benzene rings is 1. The molecule has 4 aliphatic rings. The molecule has 6 rings (SSSR count). The van der Waals surface area contributed by atoms with E-state index in [1.165, 1.54) is 19.4 Å². The van der Waals surface area contributed by atoms with Crippen LogP contribution in [-0.4, -0.2) is 40.4 Å². The van der Waals surface area contributed by atoms with E-state index in [0.29, 0.717) is 23.1 Å². The largest absolute Gasteiger partial charge is 0.380 e. The Morgan fingerprint density at radius 2 is 1.78 bits per heavy atom. The lowest BCUT2D eigenvalue weighted by Crippen LogP contribution is -2.31. The van der Waals surface area contributed by atoms with Crippen LogP contribution in [0.5, 0.6) is 0 Å². The fourth-order valence-corrected chi connectivity index (χ4v) is 7.05. The molecule has 0 spiro atoms. The van der Waals surface area contributed by atoms with Crippen molar-refractivity contribution >= 4 is 5.69 Å². The van der Waals surface area contributed by atoms with Gasteiger partial charge >= 0.3 is 0 Å². The van der Waals surface area contributed by atoms with E-state index in [0.717, 1.165) is 43.7 Å². The average Bonchev–Trinajstić information content (AvgIpc) is 3.54. The third-order valence-corrected chi connectivity index (χ3v) is 8.48. The number of halogens is 2. The second-order valence-electron chi connectivity index (χ2n) is 10.7. The number of nitrogens with one attached hydrogen (secondary N) is 1. The van der Waals surface area contributed by atoms with Gasteiger partial charge in [-0.15, -0.1) is 0 Å². The molecule has 32 heavy (non-hydrogen) atoms. The van der Waals surface area contributed by atoms with E-state index in [9.17, 15) is 8.78 Å². The number of likely N-dealkylation sites (tertiary alicyclic amines) is 1. The fourth-order valence-electron chi connectivity index (χ4n) is 7.05. The molecule has 2 aromatic rings. The molecular formula is C26H32F2N4. The first-order valence-corrected chi connectivity index (χ1v) is 12.1. The van der Waals surface area contributed by atoms with E-state index in [4.69, 9.17) is 0 Å². The van der Waals surface area contributed by atoms with Gasteiger partial charge < -0.3 is 10.2 Å². The summed E-state index contributed by atoms with van der Waals surface area (Å²) in [4.78, 5) is 2.68. The topological polar surface area (TPSA) is 33.1 Å². The Morgan fingerprint density at radius 1 is 1.00 bits per heavy atom. The number of allylic oxidation sites excluding steroid dienone is 2. The maximum atomic E-state index is 14.9. The minimum Gasteiger partial charge on any atom is -0.380 e. The number of rotatable bonds is 5. The van der Waals surface area contributed by atoms with E-state index in [2.05, 4.69) is 27.5 Å². The molecule has 1 N–H and O–H groups in total. The molecular weight excluding hydrogens is 406 g/mol. The van der Waals surface area contributed by atoms with Crippen molar-refractivity contribution in [1.82, 2.24) is 14.7 Å². The summed E-state index contributed by atoms with van der Waals surface area (Å²) in [5, 5.41) is 7.57. The Labute approximate surface area is 188 Å². The summed E-state index contributed by atoms with van der Waals surface area (Å²) >= 11 is 0. The number of nitrogens with zero attached hydrogens (tertiary/aromatic N) is 3. The summed E-state index contributed by atoms with van der Waals surface area (Å²) in [6, 6.07) is 3.58. The van der Waals surface area contributed by atoms with Crippen molar-refractivity contribution in [2.45, 2.75) is 38.6 Å². The molecule has 4 unspecified atom stereocenters. The van der Waals surface area contributed by atoms with Gasteiger partial charge in [0.25, 0.3) is 0 Å². The van der Waals surface area contributed by atoms with Gasteiger partial charge in [0.15, 0.2) is 11.6 Å². The van der Waals surface area contributed by atoms with Crippen LogP contribution >= 0.6 is 0 Å². The molecule has 1 aromatic carbocycles. The molecule has 1 aromatic heterocycles. The molecule has 0 radical (unpaired) electrons. The molecule has 3 aliphatic carbocycles. The van der Waals surface area contributed by atoms with Crippen molar-refractivity contribution in [3.63, 3.8) is 0 Å². The first kappa shape index (κ1) is 20.4. The molecule has 2 bridgehead atoms. The average molecular weight is 439 g/mol. The summed E-state index contributed by atoms with van der Waals surface area (Å²) < 4.78 is 31.4. The Hall–Kier alpha value is -2.21. The van der Waals surface area contributed by atoms with Crippen molar-refractivity contribution in [1.29, 1.82) is 0 Å². The van der Waals surface area contributed by atoms with E-state index in [1.54, 1.807) is 30.1 Å². The summed E-state index contributed by atoms with van der Waals surface area (Å²) in [7, 11) is 1.79. The van der Waals surface area contributed by atoms with Crippen LogP contribution in [0.2, 0.25) is 0 Å². The van der Waals surface area contributed by atoms with E-state index in [-0.39, 0.29) is 17.3 Å². The second-order valence-corrected chi connectivity index (χ2v) is 10.7. The zero-order chi connectivity index (χ0) is 22.0. The third kappa shape index (κ3) is 3.47. The number of hydrogen-bond donors (Lipinski definition) is 1. The first-order chi connectivity index (χ1) is 15.4. The van der Waals surface area contributed by atoms with Gasteiger partial charge in [0.05, 0.1) is 11.4 Å². The van der Waals surface area contributed by atoms with Crippen LogP contribution in [-0.2, 0) is 7.05 Å². The molecule has 0 amide bonds. The molecule has 2 heterocycles. The monoisotopic (exact) mass is 438 g/mol. The van der Waals surface area contributed by atoms with Crippen LogP contribution in [0.1, 0.15) is 31.4 Å². The number of aromatic nitrogens is 2. The van der Waals surface area contributed by atoms with E-state index >= 15 is 0 Å². The number of hydrogen-bond acceptors (Lipinski definition) is 3. The van der Waals surface area contributed by atoms with Gasteiger partial charge in [0.2, 0.25) is 0 Å². The minimum atomic E-state index is -0.796. The maximum absolute atomic E-state index is 14.9. The predicted octanol–water partition coefficient (Wildman–Crippen LogP) is 5.01. The van der Waals surface area contributed by atoms with Gasteiger partial charge in [-0.1, -0.05) is 12.2 Å². The first-order valence-electron chi connectivity index (χ1n) is 12.1. The van der Waals surface area contributed by atoms with Gasteiger partial charge in [0, 0.05) is 50.0 Å². The van der Waals surface area contributed by atoms with Crippen molar-refractivity contribution in [2.24, 2.45) is 36.6 Å². The smallest absolute Gasteiger partial charge is 0.182 e. The molecule has 1 saturated heterocycles. The summed E-state index contributed by atoms with van der Waals surface area (Å²) in [5.74, 6) is 2.26. The number of aryl methyl sites for hydroxylation is 2. The highest BCUT2D eigenvalue weighted by Crippen LogP contribution is 2.46.